The zero-order chi connectivity index (χ0) is 19.6. The first-order valence-electron chi connectivity index (χ1n) is 9.09. The number of piperidine rings is 1. The molecule has 1 fully saturated rings. The van der Waals surface area contributed by atoms with Gasteiger partial charge in [0.1, 0.15) is 6.10 Å². The summed E-state index contributed by atoms with van der Waals surface area (Å²) in [5, 5.41) is 12.3. The van der Waals surface area contributed by atoms with E-state index in [2.05, 4.69) is 15.3 Å². The Morgan fingerprint density at radius 3 is 2.39 bits per heavy atom. The normalized spacial score (nSPS) is 16.2. The molecular weight excluding hydrogens is 378 g/mol. The van der Waals surface area contributed by atoms with Crippen LogP contribution < -0.4 is 4.74 Å². The third kappa shape index (κ3) is 3.90. The lowest BCUT2D eigenvalue weighted by Crippen LogP contribution is -2.41. The van der Waals surface area contributed by atoms with E-state index in [0.29, 0.717) is 42.5 Å². The predicted octanol–water partition coefficient (Wildman–Crippen LogP) is 2.20. The van der Waals surface area contributed by atoms with E-state index in [0.717, 1.165) is 5.56 Å². The molecule has 1 saturated heterocycles. The molecular formula is C19H21N5O3S. The van der Waals surface area contributed by atoms with E-state index in [1.54, 1.807) is 41.3 Å². The van der Waals surface area contributed by atoms with Crippen LogP contribution in [0.4, 0.5) is 0 Å². The van der Waals surface area contributed by atoms with E-state index in [1.807, 2.05) is 25.1 Å². The van der Waals surface area contributed by atoms with Crippen LogP contribution in [0.1, 0.15) is 18.4 Å². The van der Waals surface area contributed by atoms with Crippen molar-refractivity contribution in [3.8, 4) is 11.7 Å². The summed E-state index contributed by atoms with van der Waals surface area (Å²) in [6.45, 7) is 2.77. The average Bonchev–Trinajstić information content (AvgIpc) is 3.24. The number of hydrogen-bond acceptors (Lipinski definition) is 6. The highest BCUT2D eigenvalue weighted by Gasteiger charge is 2.30. The Labute approximate surface area is 163 Å². The van der Waals surface area contributed by atoms with Crippen molar-refractivity contribution >= 4 is 10.0 Å². The molecule has 0 spiro atoms. The first-order valence-corrected chi connectivity index (χ1v) is 10.5. The molecule has 0 radical (unpaired) electrons. The zero-order valence-corrected chi connectivity index (χ0v) is 16.3. The van der Waals surface area contributed by atoms with Gasteiger partial charge in [0.25, 0.3) is 0 Å². The molecule has 146 valence electrons. The molecule has 0 amide bonds. The third-order valence-electron chi connectivity index (χ3n) is 4.71. The topological polar surface area (TPSA) is 90.2 Å². The average molecular weight is 399 g/mol. The van der Waals surface area contributed by atoms with Gasteiger partial charge in [-0.15, -0.1) is 10.2 Å². The molecule has 4 rings (SSSR count). The molecule has 1 aliphatic heterocycles. The molecule has 0 N–H and O–H groups in total. The highest BCUT2D eigenvalue weighted by molar-refractivity contribution is 7.89. The van der Waals surface area contributed by atoms with E-state index in [-0.39, 0.29) is 6.10 Å². The summed E-state index contributed by atoms with van der Waals surface area (Å²) in [4.78, 5) is 0.331. The van der Waals surface area contributed by atoms with Crippen LogP contribution in [0.15, 0.2) is 59.8 Å². The van der Waals surface area contributed by atoms with E-state index >= 15 is 0 Å². The number of benzene rings is 1. The smallest absolute Gasteiger partial charge is 0.243 e. The molecule has 9 heteroatoms. The maximum Gasteiger partial charge on any atom is 0.243 e. The van der Waals surface area contributed by atoms with Crippen LogP contribution in [0.2, 0.25) is 0 Å². The molecule has 28 heavy (non-hydrogen) atoms. The fourth-order valence-electron chi connectivity index (χ4n) is 3.12. The Balaban J connectivity index is 1.36. The molecule has 1 aromatic carbocycles. The van der Waals surface area contributed by atoms with Crippen molar-refractivity contribution in [2.45, 2.75) is 30.8 Å². The Bertz CT molecular complexity index is 1010. The van der Waals surface area contributed by atoms with Gasteiger partial charge < -0.3 is 4.74 Å². The molecule has 0 aliphatic carbocycles. The van der Waals surface area contributed by atoms with Crippen molar-refractivity contribution in [1.82, 2.24) is 24.3 Å². The van der Waals surface area contributed by atoms with E-state index in [4.69, 9.17) is 4.74 Å². The van der Waals surface area contributed by atoms with Crippen LogP contribution in [-0.4, -0.2) is 51.9 Å². The van der Waals surface area contributed by atoms with Crippen molar-refractivity contribution < 1.29 is 13.2 Å². The van der Waals surface area contributed by atoms with Crippen LogP contribution >= 0.6 is 0 Å². The molecule has 0 bridgehead atoms. The molecule has 8 nitrogen and oxygen atoms in total. The largest absolute Gasteiger partial charge is 0.473 e. The molecule has 1 aliphatic rings. The lowest BCUT2D eigenvalue weighted by molar-refractivity contribution is 0.128. The number of ether oxygens (including phenoxy) is 1. The second-order valence-corrected chi connectivity index (χ2v) is 8.65. The molecule has 0 atom stereocenters. The Morgan fingerprint density at radius 1 is 1.04 bits per heavy atom. The summed E-state index contributed by atoms with van der Waals surface area (Å²) in [6, 6.07) is 12.3. The van der Waals surface area contributed by atoms with Crippen LogP contribution in [0.5, 0.6) is 5.88 Å². The van der Waals surface area contributed by atoms with Gasteiger partial charge >= 0.3 is 0 Å². The number of hydrogen-bond donors (Lipinski definition) is 0. The standard InChI is InChI=1S/C19H21N5O3S/c1-15-3-5-17(6-4-15)28(25,26)23-13-9-16(10-14-23)27-19-8-7-18(21-22-19)24-12-2-11-20-24/h2-8,11-12,16H,9-10,13-14H2,1H3. The van der Waals surface area contributed by atoms with Crippen molar-refractivity contribution in [1.29, 1.82) is 0 Å². The minimum absolute atomic E-state index is 0.0886. The minimum atomic E-state index is -3.47. The van der Waals surface area contributed by atoms with Crippen LogP contribution in [-0.2, 0) is 10.0 Å². The fourth-order valence-corrected chi connectivity index (χ4v) is 4.59. The first-order chi connectivity index (χ1) is 13.5. The van der Waals surface area contributed by atoms with Crippen LogP contribution in [0.3, 0.4) is 0 Å². The monoisotopic (exact) mass is 399 g/mol. The molecule has 0 unspecified atom stereocenters. The van der Waals surface area contributed by atoms with E-state index in [1.165, 1.54) is 4.31 Å². The van der Waals surface area contributed by atoms with E-state index in [9.17, 15) is 8.42 Å². The highest BCUT2D eigenvalue weighted by Crippen LogP contribution is 2.23. The summed E-state index contributed by atoms with van der Waals surface area (Å²) < 4.78 is 34.6. The number of nitrogens with zero attached hydrogens (tertiary/aromatic N) is 5. The van der Waals surface area contributed by atoms with Crippen molar-refractivity contribution in [3.63, 3.8) is 0 Å². The predicted molar refractivity (Wildman–Crippen MR) is 103 cm³/mol. The second kappa shape index (κ2) is 7.69. The molecule has 3 heterocycles. The Kier molecular flexibility index (Phi) is 5.10. The van der Waals surface area contributed by atoms with Crippen molar-refractivity contribution in [3.05, 3.63) is 60.4 Å². The van der Waals surface area contributed by atoms with Gasteiger partial charge in [0.2, 0.25) is 15.9 Å². The van der Waals surface area contributed by atoms with Gasteiger partial charge in [-0.25, -0.2) is 13.1 Å². The SMILES string of the molecule is Cc1ccc(S(=O)(=O)N2CCC(Oc3ccc(-n4cccn4)nn3)CC2)cc1. The Morgan fingerprint density at radius 2 is 1.79 bits per heavy atom. The van der Waals surface area contributed by atoms with Gasteiger partial charge in [0.05, 0.1) is 4.90 Å². The summed E-state index contributed by atoms with van der Waals surface area (Å²) in [7, 11) is -3.47. The maximum absolute atomic E-state index is 12.8. The summed E-state index contributed by atoms with van der Waals surface area (Å²) in [6.07, 6.45) is 4.58. The van der Waals surface area contributed by atoms with Crippen molar-refractivity contribution in [2.75, 3.05) is 13.1 Å². The minimum Gasteiger partial charge on any atom is -0.473 e. The van der Waals surface area contributed by atoms with Gasteiger partial charge in [0.15, 0.2) is 5.82 Å². The summed E-state index contributed by atoms with van der Waals surface area (Å²) >= 11 is 0. The first kappa shape index (κ1) is 18.6. The lowest BCUT2D eigenvalue weighted by Gasteiger charge is -2.31. The number of aromatic nitrogens is 4. The van der Waals surface area contributed by atoms with Gasteiger partial charge in [0, 0.05) is 31.5 Å². The zero-order valence-electron chi connectivity index (χ0n) is 15.5. The third-order valence-corrected chi connectivity index (χ3v) is 6.63. The summed E-state index contributed by atoms with van der Waals surface area (Å²) in [5.41, 5.74) is 1.03. The quantitative estimate of drug-likeness (QED) is 0.653. The van der Waals surface area contributed by atoms with Crippen molar-refractivity contribution in [2.24, 2.45) is 0 Å². The fraction of sp³-hybridized carbons (Fsp3) is 0.316. The number of aryl methyl sites for hydroxylation is 1. The molecule has 3 aromatic rings. The number of rotatable bonds is 5. The van der Waals surface area contributed by atoms with Gasteiger partial charge in [-0.05, 0) is 44.0 Å². The second-order valence-electron chi connectivity index (χ2n) is 6.71. The Hall–Kier alpha value is -2.78. The summed E-state index contributed by atoms with van der Waals surface area (Å²) in [5.74, 6) is 1.03. The van der Waals surface area contributed by atoms with Crippen LogP contribution in [0, 0.1) is 6.92 Å². The highest BCUT2D eigenvalue weighted by atomic mass is 32.2. The van der Waals surface area contributed by atoms with E-state index < -0.39 is 10.0 Å². The van der Waals surface area contributed by atoms with Gasteiger partial charge in [-0.3, -0.25) is 0 Å². The maximum atomic E-state index is 12.8. The van der Waals surface area contributed by atoms with Gasteiger partial charge in [-0.1, -0.05) is 17.7 Å². The number of sulfonamides is 1. The molecule has 2 aromatic heterocycles. The van der Waals surface area contributed by atoms with Crippen LogP contribution in [0.25, 0.3) is 5.82 Å². The lowest BCUT2D eigenvalue weighted by atomic mass is 10.1. The van der Waals surface area contributed by atoms with Gasteiger partial charge in [-0.2, -0.15) is 9.40 Å². The molecule has 0 saturated carbocycles.